The Balaban J connectivity index is 3.81. The zero-order valence-electron chi connectivity index (χ0n) is 39.3. The van der Waals surface area contributed by atoms with E-state index in [1.807, 2.05) is 27.2 Å². The monoisotopic (exact) mass is 844 g/mol. The highest BCUT2D eigenvalue weighted by molar-refractivity contribution is 7.47. The summed E-state index contributed by atoms with van der Waals surface area (Å²) in [6.07, 6.45) is 49.6. The second-order valence-corrected chi connectivity index (χ2v) is 20.0. The molecule has 0 saturated heterocycles. The summed E-state index contributed by atoms with van der Waals surface area (Å²) < 4.78 is 23.4. The van der Waals surface area contributed by atoms with Crippen molar-refractivity contribution in [2.75, 3.05) is 40.9 Å². The van der Waals surface area contributed by atoms with E-state index in [1.54, 1.807) is 6.08 Å². The Morgan fingerprint density at radius 2 is 0.914 bits per heavy atom. The summed E-state index contributed by atoms with van der Waals surface area (Å²) in [5, 5.41) is 13.7. The molecule has 0 spiro atoms. The lowest BCUT2D eigenvalue weighted by atomic mass is 10.0. The van der Waals surface area contributed by atoms with Gasteiger partial charge in [-0.3, -0.25) is 13.8 Å². The molecule has 0 heterocycles. The molecule has 0 aliphatic heterocycles. The van der Waals surface area contributed by atoms with Gasteiger partial charge in [0.1, 0.15) is 13.2 Å². The third-order valence-corrected chi connectivity index (χ3v) is 12.5. The predicted molar refractivity (Wildman–Crippen MR) is 249 cm³/mol. The van der Waals surface area contributed by atoms with E-state index in [4.69, 9.17) is 9.05 Å². The number of hydrogen-bond donors (Lipinski definition) is 3. The maximum Gasteiger partial charge on any atom is 0.472 e. The fourth-order valence-electron chi connectivity index (χ4n) is 7.51. The Labute approximate surface area is 361 Å². The number of aliphatic hydroxyl groups is 1. The number of unbranched alkanes of at least 4 members (excludes halogenated alkanes) is 33. The third-order valence-electron chi connectivity index (χ3n) is 11.5. The zero-order valence-corrected chi connectivity index (χ0v) is 40.2. The van der Waals surface area contributed by atoms with Crippen LogP contribution in [0, 0.1) is 0 Å². The average molecular weight is 844 g/mol. The molecule has 346 valence electrons. The molecule has 3 unspecified atom stereocenters. The summed E-state index contributed by atoms with van der Waals surface area (Å²) in [7, 11) is 1.58. The van der Waals surface area contributed by atoms with Gasteiger partial charge < -0.3 is 19.8 Å². The van der Waals surface area contributed by atoms with Crippen molar-refractivity contribution in [3.05, 3.63) is 12.2 Å². The van der Waals surface area contributed by atoms with E-state index >= 15 is 0 Å². The van der Waals surface area contributed by atoms with Crippen molar-refractivity contribution in [3.63, 3.8) is 0 Å². The van der Waals surface area contributed by atoms with Gasteiger partial charge in [0.15, 0.2) is 0 Å². The molecule has 0 aromatic carbocycles. The van der Waals surface area contributed by atoms with Crippen LogP contribution in [0.5, 0.6) is 0 Å². The van der Waals surface area contributed by atoms with Gasteiger partial charge >= 0.3 is 7.82 Å². The van der Waals surface area contributed by atoms with Crippen LogP contribution in [0.2, 0.25) is 0 Å². The molecule has 1 amide bonds. The minimum absolute atomic E-state index is 0.0634. The van der Waals surface area contributed by atoms with Gasteiger partial charge in [-0.2, -0.15) is 0 Å². The van der Waals surface area contributed by atoms with Crippen LogP contribution in [0.4, 0.5) is 0 Å². The lowest BCUT2D eigenvalue weighted by molar-refractivity contribution is -0.870. The molecular weight excluding hydrogens is 744 g/mol. The van der Waals surface area contributed by atoms with Crippen LogP contribution in [-0.2, 0) is 18.4 Å². The first-order valence-corrected chi connectivity index (χ1v) is 26.6. The number of aliphatic hydroxyl groups excluding tert-OH is 1. The Hall–Kier alpha value is -0.760. The lowest BCUT2D eigenvalue weighted by Gasteiger charge is -2.25. The second-order valence-electron chi connectivity index (χ2n) is 18.6. The molecule has 0 aliphatic rings. The molecule has 0 aromatic rings. The normalized spacial score (nSPS) is 14.3. The van der Waals surface area contributed by atoms with E-state index in [2.05, 4.69) is 19.2 Å². The number of carbonyl (C=O) groups is 1. The Morgan fingerprint density at radius 1 is 0.569 bits per heavy atom. The first kappa shape index (κ1) is 57.2. The number of phosphoric acid groups is 1. The fourth-order valence-corrected chi connectivity index (χ4v) is 8.25. The Morgan fingerprint density at radius 3 is 1.28 bits per heavy atom. The number of allylic oxidation sites excluding steroid dienone is 1. The summed E-state index contributed by atoms with van der Waals surface area (Å²) in [4.78, 5) is 22.7. The zero-order chi connectivity index (χ0) is 42.8. The Bertz CT molecular complexity index is 958. The van der Waals surface area contributed by atoms with E-state index in [9.17, 15) is 19.4 Å². The molecule has 8 nitrogen and oxygen atoms in total. The highest BCUT2D eigenvalue weighted by Gasteiger charge is 2.27. The van der Waals surface area contributed by atoms with Gasteiger partial charge in [-0.05, 0) is 19.3 Å². The van der Waals surface area contributed by atoms with Crippen LogP contribution in [0.15, 0.2) is 12.2 Å². The summed E-state index contributed by atoms with van der Waals surface area (Å²) in [6.45, 7) is 4.71. The molecule has 3 atom stereocenters. The number of rotatable bonds is 46. The van der Waals surface area contributed by atoms with Crippen molar-refractivity contribution in [2.45, 2.75) is 257 Å². The van der Waals surface area contributed by atoms with Crippen LogP contribution in [-0.4, -0.2) is 73.4 Å². The van der Waals surface area contributed by atoms with E-state index in [0.717, 1.165) is 38.5 Å². The van der Waals surface area contributed by atoms with Crippen LogP contribution in [0.25, 0.3) is 0 Å². The number of likely N-dealkylation sites (N-methyl/N-ethyl adjacent to an activating group) is 1. The molecule has 0 fully saturated rings. The maximum absolute atomic E-state index is 12.6. The van der Waals surface area contributed by atoms with Crippen molar-refractivity contribution in [1.82, 2.24) is 5.32 Å². The molecule has 9 heteroatoms. The summed E-state index contributed by atoms with van der Waals surface area (Å²) in [5.74, 6) is -0.193. The first-order chi connectivity index (χ1) is 28.0. The predicted octanol–water partition coefficient (Wildman–Crippen LogP) is 14.3. The number of carbonyl (C=O) groups excluding carboxylic acids is 1. The minimum Gasteiger partial charge on any atom is -0.387 e. The van der Waals surface area contributed by atoms with Crippen molar-refractivity contribution in [2.24, 2.45) is 0 Å². The van der Waals surface area contributed by atoms with Gasteiger partial charge in [0, 0.05) is 6.42 Å². The fraction of sp³-hybridized carbons (Fsp3) is 0.939. The molecule has 3 N–H and O–H groups in total. The standard InChI is InChI=1S/C49H99N2O6P/c1-6-8-10-12-13-14-15-16-17-18-19-20-21-22-23-24-25-26-27-28-29-30-31-32-33-34-35-36-37-38-39-40-42-48(52)47(50-49(53)43-41-11-9-7-2)46-57-58(54,55)56-45-44-51(3,4)5/h40,42,47-48,52H,6-39,41,43-46H2,1-5H3,(H-,50,53,54,55)/p+1/b42-40+. The summed E-state index contributed by atoms with van der Waals surface area (Å²) in [6, 6.07) is -0.837. The van der Waals surface area contributed by atoms with Crippen LogP contribution >= 0.6 is 7.82 Å². The van der Waals surface area contributed by atoms with Gasteiger partial charge in [-0.15, -0.1) is 0 Å². The minimum atomic E-state index is -4.32. The van der Waals surface area contributed by atoms with Gasteiger partial charge in [-0.25, -0.2) is 4.57 Å². The SMILES string of the molecule is CCCCCCCCCCCCCCCCCCCCCCCCCCCCCCCC/C=C/C(O)C(COP(=O)(O)OCC[N+](C)(C)C)NC(=O)CCCCCC. The van der Waals surface area contributed by atoms with Crippen molar-refractivity contribution in [3.8, 4) is 0 Å². The van der Waals surface area contributed by atoms with Crippen LogP contribution < -0.4 is 5.32 Å². The van der Waals surface area contributed by atoms with Gasteiger partial charge in [0.25, 0.3) is 0 Å². The molecule has 0 rings (SSSR count). The molecule has 58 heavy (non-hydrogen) atoms. The first-order valence-electron chi connectivity index (χ1n) is 25.1. The van der Waals surface area contributed by atoms with E-state index in [-0.39, 0.29) is 19.1 Å². The number of nitrogens with one attached hydrogen (secondary N) is 1. The quantitative estimate of drug-likeness (QED) is 0.0244. The molecule has 0 aliphatic carbocycles. The highest BCUT2D eigenvalue weighted by atomic mass is 31.2. The molecular formula is C49H100N2O6P+. The second kappa shape index (κ2) is 41.6. The number of phosphoric ester groups is 1. The topological polar surface area (TPSA) is 105 Å². The largest absolute Gasteiger partial charge is 0.472 e. The highest BCUT2D eigenvalue weighted by Crippen LogP contribution is 2.43. The Kier molecular flexibility index (Phi) is 41.0. The number of amides is 1. The maximum atomic E-state index is 12.6. The van der Waals surface area contributed by atoms with Gasteiger partial charge in [-0.1, -0.05) is 231 Å². The number of nitrogens with zero attached hydrogens (tertiary/aromatic N) is 1. The van der Waals surface area contributed by atoms with Crippen molar-refractivity contribution in [1.29, 1.82) is 0 Å². The summed E-state index contributed by atoms with van der Waals surface area (Å²) >= 11 is 0. The number of quaternary nitrogens is 1. The van der Waals surface area contributed by atoms with Crippen molar-refractivity contribution < 1.29 is 32.9 Å². The summed E-state index contributed by atoms with van der Waals surface area (Å²) in [5.41, 5.74) is 0. The number of hydrogen-bond acceptors (Lipinski definition) is 5. The van der Waals surface area contributed by atoms with E-state index in [1.165, 1.54) is 186 Å². The van der Waals surface area contributed by atoms with E-state index < -0.39 is 20.0 Å². The molecule has 0 radical (unpaired) electrons. The molecule has 0 bridgehead atoms. The average Bonchev–Trinajstić information content (AvgIpc) is 3.17. The smallest absolute Gasteiger partial charge is 0.387 e. The van der Waals surface area contributed by atoms with E-state index in [0.29, 0.717) is 17.4 Å². The van der Waals surface area contributed by atoms with Gasteiger partial charge in [0.05, 0.1) is 39.9 Å². The molecule has 0 saturated carbocycles. The third kappa shape index (κ3) is 43.3. The van der Waals surface area contributed by atoms with Crippen LogP contribution in [0.1, 0.15) is 245 Å². The lowest BCUT2D eigenvalue weighted by Crippen LogP contribution is -2.45. The van der Waals surface area contributed by atoms with Crippen LogP contribution in [0.3, 0.4) is 0 Å². The molecule has 0 aromatic heterocycles. The van der Waals surface area contributed by atoms with Gasteiger partial charge in [0.2, 0.25) is 5.91 Å². The van der Waals surface area contributed by atoms with Crippen molar-refractivity contribution >= 4 is 13.7 Å².